The maximum absolute atomic E-state index is 10.3. The molecule has 1 saturated carbocycles. The molecule has 1 aromatic rings. The molecule has 0 unspecified atom stereocenters. The molecule has 2 fully saturated rings. The van der Waals surface area contributed by atoms with Gasteiger partial charge in [-0.25, -0.2) is 9.97 Å². The first-order chi connectivity index (χ1) is 10.5. The molecule has 22 heavy (non-hydrogen) atoms. The standard InChI is InChI=1S/C17H27N3O2/c1-5-22-15-10-14(21)17(15)6-8-20(9-7-17)16-11(2)12(3)18-13(4)19-16/h14-15,21H,5-10H2,1-4H3/t14-,15+/m1/s1. The van der Waals surface area contributed by atoms with Crippen molar-refractivity contribution in [2.75, 3.05) is 24.6 Å². The average molecular weight is 305 g/mol. The summed E-state index contributed by atoms with van der Waals surface area (Å²) in [6, 6.07) is 0. The molecule has 1 saturated heterocycles. The molecule has 1 spiro atoms. The first kappa shape index (κ1) is 15.7. The van der Waals surface area contributed by atoms with E-state index in [-0.39, 0.29) is 17.6 Å². The smallest absolute Gasteiger partial charge is 0.135 e. The Labute approximate surface area is 132 Å². The van der Waals surface area contributed by atoms with Crippen LogP contribution in [0.4, 0.5) is 5.82 Å². The van der Waals surface area contributed by atoms with Crippen molar-refractivity contribution in [1.29, 1.82) is 0 Å². The number of aromatic nitrogens is 2. The van der Waals surface area contributed by atoms with E-state index in [1.807, 2.05) is 20.8 Å². The molecule has 2 atom stereocenters. The highest BCUT2D eigenvalue weighted by Crippen LogP contribution is 2.51. The maximum atomic E-state index is 10.3. The first-order valence-corrected chi connectivity index (χ1v) is 8.34. The highest BCUT2D eigenvalue weighted by atomic mass is 16.5. The molecule has 1 aliphatic heterocycles. The zero-order valence-electron chi connectivity index (χ0n) is 14.1. The summed E-state index contributed by atoms with van der Waals surface area (Å²) in [7, 11) is 0. The maximum Gasteiger partial charge on any atom is 0.135 e. The van der Waals surface area contributed by atoms with E-state index >= 15 is 0 Å². The molecule has 1 aromatic heterocycles. The Morgan fingerprint density at radius 1 is 1.23 bits per heavy atom. The van der Waals surface area contributed by atoms with Crippen molar-refractivity contribution in [3.63, 3.8) is 0 Å². The SMILES string of the molecule is CCO[C@H]1C[C@@H](O)C12CCN(c1nc(C)nc(C)c1C)CC2. The van der Waals surface area contributed by atoms with Crippen molar-refractivity contribution < 1.29 is 9.84 Å². The minimum atomic E-state index is -0.207. The number of aryl methyl sites for hydroxylation is 2. The number of anilines is 1. The number of piperidine rings is 1. The molecule has 5 nitrogen and oxygen atoms in total. The van der Waals surface area contributed by atoms with Crippen LogP contribution in [0.15, 0.2) is 0 Å². The minimum absolute atomic E-state index is 0.0302. The normalized spacial score (nSPS) is 27.0. The van der Waals surface area contributed by atoms with Crippen LogP contribution in [0.5, 0.6) is 0 Å². The van der Waals surface area contributed by atoms with Gasteiger partial charge in [0, 0.05) is 42.8 Å². The number of aliphatic hydroxyl groups is 1. The summed E-state index contributed by atoms with van der Waals surface area (Å²) in [4.78, 5) is 11.4. The van der Waals surface area contributed by atoms with Gasteiger partial charge < -0.3 is 14.7 Å². The number of ether oxygens (including phenoxy) is 1. The number of hydrogen-bond donors (Lipinski definition) is 1. The third-order valence-corrected chi connectivity index (χ3v) is 5.58. The van der Waals surface area contributed by atoms with E-state index < -0.39 is 0 Å². The molecule has 2 aliphatic rings. The molecule has 122 valence electrons. The second-order valence-corrected chi connectivity index (χ2v) is 6.72. The van der Waals surface area contributed by atoms with Crippen LogP contribution in [-0.4, -0.2) is 47.0 Å². The Morgan fingerprint density at radius 2 is 1.91 bits per heavy atom. The van der Waals surface area contributed by atoms with E-state index in [9.17, 15) is 5.11 Å². The van der Waals surface area contributed by atoms with E-state index in [4.69, 9.17) is 4.74 Å². The van der Waals surface area contributed by atoms with Crippen LogP contribution in [0.1, 0.15) is 43.3 Å². The Balaban J connectivity index is 1.75. The summed E-state index contributed by atoms with van der Waals surface area (Å²) in [6.45, 7) is 10.7. The van der Waals surface area contributed by atoms with Gasteiger partial charge >= 0.3 is 0 Å². The van der Waals surface area contributed by atoms with E-state index in [1.165, 1.54) is 0 Å². The molecule has 1 N–H and O–H groups in total. The van der Waals surface area contributed by atoms with Gasteiger partial charge in [-0.2, -0.15) is 0 Å². The molecular formula is C17H27N3O2. The van der Waals surface area contributed by atoms with Gasteiger partial charge in [-0.15, -0.1) is 0 Å². The average Bonchev–Trinajstić information content (AvgIpc) is 2.51. The van der Waals surface area contributed by atoms with Gasteiger partial charge in [0.15, 0.2) is 0 Å². The first-order valence-electron chi connectivity index (χ1n) is 8.34. The van der Waals surface area contributed by atoms with Crippen LogP contribution < -0.4 is 4.90 Å². The molecule has 0 bridgehead atoms. The molecule has 2 heterocycles. The second kappa shape index (κ2) is 5.78. The van der Waals surface area contributed by atoms with Crippen molar-refractivity contribution in [2.24, 2.45) is 5.41 Å². The number of nitrogens with zero attached hydrogens (tertiary/aromatic N) is 3. The van der Waals surface area contributed by atoms with Crippen LogP contribution >= 0.6 is 0 Å². The molecule has 0 aromatic carbocycles. The molecule has 1 aliphatic carbocycles. The van der Waals surface area contributed by atoms with Crippen LogP contribution in [0.2, 0.25) is 0 Å². The quantitative estimate of drug-likeness (QED) is 0.927. The van der Waals surface area contributed by atoms with E-state index in [0.717, 1.165) is 61.9 Å². The summed E-state index contributed by atoms with van der Waals surface area (Å²) in [5.41, 5.74) is 2.19. The summed E-state index contributed by atoms with van der Waals surface area (Å²) < 4.78 is 5.84. The van der Waals surface area contributed by atoms with E-state index in [0.29, 0.717) is 0 Å². The summed E-state index contributed by atoms with van der Waals surface area (Å²) in [5.74, 6) is 1.89. The molecule has 0 amide bonds. The minimum Gasteiger partial charge on any atom is -0.392 e. The van der Waals surface area contributed by atoms with Crippen molar-refractivity contribution in [1.82, 2.24) is 9.97 Å². The fourth-order valence-corrected chi connectivity index (χ4v) is 4.01. The Morgan fingerprint density at radius 3 is 2.50 bits per heavy atom. The molecule has 5 heteroatoms. The highest BCUT2D eigenvalue weighted by Gasteiger charge is 2.56. The predicted molar refractivity (Wildman–Crippen MR) is 86.2 cm³/mol. The number of rotatable bonds is 3. The lowest BCUT2D eigenvalue weighted by Gasteiger charge is -2.56. The van der Waals surface area contributed by atoms with Crippen LogP contribution in [0.3, 0.4) is 0 Å². The van der Waals surface area contributed by atoms with Crippen molar-refractivity contribution >= 4 is 5.82 Å². The van der Waals surface area contributed by atoms with Gasteiger partial charge in [0.2, 0.25) is 0 Å². The Kier molecular flexibility index (Phi) is 4.12. The molecule has 0 radical (unpaired) electrons. The fraction of sp³-hybridized carbons (Fsp3) is 0.765. The monoisotopic (exact) mass is 305 g/mol. The summed E-state index contributed by atoms with van der Waals surface area (Å²) in [6.07, 6.45) is 2.75. The van der Waals surface area contributed by atoms with Gasteiger partial charge in [0.25, 0.3) is 0 Å². The Bertz CT molecular complexity index is 551. The lowest BCUT2D eigenvalue weighted by Crippen LogP contribution is -2.62. The predicted octanol–water partition coefficient (Wildman–Crippen LogP) is 2.16. The van der Waals surface area contributed by atoms with Gasteiger partial charge in [-0.05, 0) is 40.5 Å². The van der Waals surface area contributed by atoms with Crippen molar-refractivity contribution in [3.05, 3.63) is 17.1 Å². The molecule has 3 rings (SSSR count). The summed E-state index contributed by atoms with van der Waals surface area (Å²) in [5, 5.41) is 10.3. The van der Waals surface area contributed by atoms with Crippen LogP contribution in [0.25, 0.3) is 0 Å². The van der Waals surface area contributed by atoms with E-state index in [2.05, 4.69) is 21.8 Å². The molecular weight excluding hydrogens is 278 g/mol. The number of hydrogen-bond acceptors (Lipinski definition) is 5. The topological polar surface area (TPSA) is 58.5 Å². The lowest BCUT2D eigenvalue weighted by atomic mass is 9.58. The van der Waals surface area contributed by atoms with Gasteiger partial charge in [0.1, 0.15) is 11.6 Å². The van der Waals surface area contributed by atoms with Gasteiger partial charge in [0.05, 0.1) is 12.2 Å². The second-order valence-electron chi connectivity index (χ2n) is 6.72. The largest absolute Gasteiger partial charge is 0.392 e. The highest BCUT2D eigenvalue weighted by molar-refractivity contribution is 5.48. The fourth-order valence-electron chi connectivity index (χ4n) is 4.01. The summed E-state index contributed by atoms with van der Waals surface area (Å²) >= 11 is 0. The lowest BCUT2D eigenvalue weighted by molar-refractivity contribution is -0.199. The number of aliphatic hydroxyl groups excluding tert-OH is 1. The van der Waals surface area contributed by atoms with Crippen molar-refractivity contribution in [2.45, 2.75) is 59.2 Å². The van der Waals surface area contributed by atoms with Crippen molar-refractivity contribution in [3.8, 4) is 0 Å². The van der Waals surface area contributed by atoms with E-state index in [1.54, 1.807) is 0 Å². The van der Waals surface area contributed by atoms with Gasteiger partial charge in [-0.3, -0.25) is 0 Å². The van der Waals surface area contributed by atoms with Crippen LogP contribution in [0, 0.1) is 26.2 Å². The zero-order chi connectivity index (χ0) is 15.9. The zero-order valence-corrected chi connectivity index (χ0v) is 14.1. The van der Waals surface area contributed by atoms with Gasteiger partial charge in [-0.1, -0.05) is 0 Å². The third kappa shape index (κ3) is 2.40. The Hall–Kier alpha value is -1.20. The third-order valence-electron chi connectivity index (χ3n) is 5.58. The van der Waals surface area contributed by atoms with Crippen LogP contribution in [-0.2, 0) is 4.74 Å².